The third-order valence-corrected chi connectivity index (χ3v) is 4.40. The molecule has 1 aliphatic carbocycles. The number of hydrogen-bond acceptors (Lipinski definition) is 3. The molecular formula is C14H20N4O2. The SMILES string of the molecule is CN1C[C@@H](C(=O)N[C@H]2CCCc3c2cnn3C)CC1=O. The van der Waals surface area contributed by atoms with E-state index >= 15 is 0 Å². The molecule has 1 saturated heterocycles. The Morgan fingerprint density at radius 3 is 2.95 bits per heavy atom. The van der Waals surface area contributed by atoms with Gasteiger partial charge in [-0.3, -0.25) is 14.3 Å². The van der Waals surface area contributed by atoms with Gasteiger partial charge in [0, 0.05) is 38.3 Å². The van der Waals surface area contributed by atoms with Crippen LogP contribution in [0.4, 0.5) is 0 Å². The van der Waals surface area contributed by atoms with Crippen LogP contribution in [0.15, 0.2) is 6.20 Å². The first-order valence-corrected chi connectivity index (χ1v) is 7.11. The highest BCUT2D eigenvalue weighted by Crippen LogP contribution is 2.29. The Kier molecular flexibility index (Phi) is 3.23. The second-order valence-electron chi connectivity index (χ2n) is 5.80. The highest BCUT2D eigenvalue weighted by atomic mass is 16.2. The molecule has 2 amide bonds. The summed E-state index contributed by atoms with van der Waals surface area (Å²) < 4.78 is 1.89. The summed E-state index contributed by atoms with van der Waals surface area (Å²) in [6, 6.07) is 0.0426. The average molecular weight is 276 g/mol. The van der Waals surface area contributed by atoms with Gasteiger partial charge in [0.15, 0.2) is 0 Å². The summed E-state index contributed by atoms with van der Waals surface area (Å²) in [5.41, 5.74) is 2.34. The van der Waals surface area contributed by atoms with Gasteiger partial charge in [-0.15, -0.1) is 0 Å². The average Bonchev–Trinajstić information content (AvgIpc) is 2.95. The third-order valence-electron chi connectivity index (χ3n) is 4.40. The van der Waals surface area contributed by atoms with Gasteiger partial charge < -0.3 is 10.2 Å². The number of nitrogens with one attached hydrogen (secondary N) is 1. The number of hydrogen-bond donors (Lipinski definition) is 1. The van der Waals surface area contributed by atoms with Crippen LogP contribution in [0.5, 0.6) is 0 Å². The fourth-order valence-electron chi connectivity index (χ4n) is 3.18. The van der Waals surface area contributed by atoms with Crippen LogP contribution in [0.1, 0.15) is 36.6 Å². The van der Waals surface area contributed by atoms with Gasteiger partial charge in [-0.05, 0) is 19.3 Å². The summed E-state index contributed by atoms with van der Waals surface area (Å²) in [5.74, 6) is -0.171. The molecule has 0 radical (unpaired) electrons. The number of likely N-dealkylation sites (tertiary alicyclic amines) is 1. The molecule has 108 valence electrons. The zero-order chi connectivity index (χ0) is 14.3. The molecule has 0 bridgehead atoms. The van der Waals surface area contributed by atoms with Crippen molar-refractivity contribution >= 4 is 11.8 Å². The number of aryl methyl sites for hydroxylation is 1. The highest BCUT2D eigenvalue weighted by Gasteiger charge is 2.34. The maximum Gasteiger partial charge on any atom is 0.225 e. The van der Waals surface area contributed by atoms with Crippen molar-refractivity contribution in [2.45, 2.75) is 31.7 Å². The van der Waals surface area contributed by atoms with E-state index in [0.717, 1.165) is 24.8 Å². The van der Waals surface area contributed by atoms with Crippen molar-refractivity contribution in [3.05, 3.63) is 17.5 Å². The van der Waals surface area contributed by atoms with E-state index in [1.165, 1.54) is 5.69 Å². The van der Waals surface area contributed by atoms with E-state index in [9.17, 15) is 9.59 Å². The van der Waals surface area contributed by atoms with Gasteiger partial charge in [-0.1, -0.05) is 0 Å². The maximum absolute atomic E-state index is 12.3. The lowest BCUT2D eigenvalue weighted by molar-refractivity contribution is -0.128. The molecule has 0 spiro atoms. The van der Waals surface area contributed by atoms with Gasteiger partial charge in [0.25, 0.3) is 0 Å². The fraction of sp³-hybridized carbons (Fsp3) is 0.643. The summed E-state index contributed by atoms with van der Waals surface area (Å²) in [4.78, 5) is 25.4. The van der Waals surface area contributed by atoms with E-state index in [0.29, 0.717) is 13.0 Å². The molecular weight excluding hydrogens is 256 g/mol. The summed E-state index contributed by atoms with van der Waals surface area (Å²) >= 11 is 0. The molecule has 1 aromatic rings. The number of amides is 2. The van der Waals surface area contributed by atoms with Crippen LogP contribution >= 0.6 is 0 Å². The molecule has 3 rings (SSSR count). The van der Waals surface area contributed by atoms with Crippen LogP contribution in [-0.4, -0.2) is 40.1 Å². The molecule has 1 N–H and O–H groups in total. The van der Waals surface area contributed by atoms with Gasteiger partial charge in [-0.2, -0.15) is 5.10 Å². The summed E-state index contributed by atoms with van der Waals surface area (Å²) in [7, 11) is 3.68. The quantitative estimate of drug-likeness (QED) is 0.850. The second kappa shape index (κ2) is 4.92. The van der Waals surface area contributed by atoms with Crippen LogP contribution in [0.3, 0.4) is 0 Å². The Hall–Kier alpha value is -1.85. The van der Waals surface area contributed by atoms with Crippen LogP contribution in [0, 0.1) is 5.92 Å². The predicted octanol–water partition coefficient (Wildman–Crippen LogP) is 0.392. The second-order valence-corrected chi connectivity index (χ2v) is 5.80. The number of nitrogens with zero attached hydrogens (tertiary/aromatic N) is 3. The van der Waals surface area contributed by atoms with Crippen molar-refractivity contribution in [1.82, 2.24) is 20.0 Å². The molecule has 2 atom stereocenters. The molecule has 0 aromatic carbocycles. The maximum atomic E-state index is 12.3. The standard InChI is InChI=1S/C14H20N4O2/c1-17-8-9(6-13(17)19)14(20)16-11-4-3-5-12-10(11)7-15-18(12)2/h7,9,11H,3-6,8H2,1-2H3,(H,16,20)/t9-,11-/m0/s1. The molecule has 1 aromatic heterocycles. The number of rotatable bonds is 2. The summed E-state index contributed by atoms with van der Waals surface area (Å²) in [6.45, 7) is 0.525. The number of carbonyl (C=O) groups is 2. The Morgan fingerprint density at radius 1 is 1.45 bits per heavy atom. The lowest BCUT2D eigenvalue weighted by Gasteiger charge is -2.25. The van der Waals surface area contributed by atoms with E-state index in [2.05, 4.69) is 10.4 Å². The monoisotopic (exact) mass is 276 g/mol. The van der Waals surface area contributed by atoms with Crippen LogP contribution in [-0.2, 0) is 23.1 Å². The molecule has 6 nitrogen and oxygen atoms in total. The molecule has 0 unspecified atom stereocenters. The topological polar surface area (TPSA) is 67.2 Å². The third kappa shape index (κ3) is 2.19. The van der Waals surface area contributed by atoms with E-state index in [-0.39, 0.29) is 23.8 Å². The first-order valence-electron chi connectivity index (χ1n) is 7.11. The van der Waals surface area contributed by atoms with Gasteiger partial charge in [0.1, 0.15) is 0 Å². The lowest BCUT2D eigenvalue weighted by atomic mass is 9.92. The molecule has 0 saturated carbocycles. The molecule has 1 aliphatic heterocycles. The van der Waals surface area contributed by atoms with Crippen LogP contribution in [0.2, 0.25) is 0 Å². The van der Waals surface area contributed by atoms with Crippen LogP contribution in [0.25, 0.3) is 0 Å². The van der Waals surface area contributed by atoms with Crippen molar-refractivity contribution in [3.8, 4) is 0 Å². The number of aromatic nitrogens is 2. The molecule has 1 fully saturated rings. The van der Waals surface area contributed by atoms with E-state index < -0.39 is 0 Å². The number of fused-ring (bicyclic) bond motifs is 1. The van der Waals surface area contributed by atoms with Crippen LogP contribution < -0.4 is 5.32 Å². The van der Waals surface area contributed by atoms with Gasteiger partial charge in [0.2, 0.25) is 11.8 Å². The Morgan fingerprint density at radius 2 is 2.25 bits per heavy atom. The van der Waals surface area contributed by atoms with E-state index in [1.54, 1.807) is 11.9 Å². The zero-order valence-electron chi connectivity index (χ0n) is 11.9. The Labute approximate surface area is 118 Å². The van der Waals surface area contributed by atoms with Crippen molar-refractivity contribution in [2.24, 2.45) is 13.0 Å². The van der Waals surface area contributed by atoms with Crippen molar-refractivity contribution in [1.29, 1.82) is 0 Å². The minimum Gasteiger partial charge on any atom is -0.349 e. The van der Waals surface area contributed by atoms with Gasteiger partial charge >= 0.3 is 0 Å². The Bertz CT molecular complexity index is 551. The van der Waals surface area contributed by atoms with Crippen molar-refractivity contribution < 1.29 is 9.59 Å². The molecule has 20 heavy (non-hydrogen) atoms. The minimum absolute atomic E-state index is 0.00981. The predicted molar refractivity (Wildman–Crippen MR) is 72.8 cm³/mol. The van der Waals surface area contributed by atoms with Gasteiger partial charge in [0.05, 0.1) is 18.2 Å². The van der Waals surface area contributed by atoms with Crippen molar-refractivity contribution in [2.75, 3.05) is 13.6 Å². The van der Waals surface area contributed by atoms with Gasteiger partial charge in [-0.25, -0.2) is 0 Å². The number of carbonyl (C=O) groups excluding carboxylic acids is 2. The smallest absolute Gasteiger partial charge is 0.225 e. The normalized spacial score (nSPS) is 25.7. The van der Waals surface area contributed by atoms with E-state index in [1.807, 2.05) is 17.9 Å². The zero-order valence-corrected chi connectivity index (χ0v) is 11.9. The Balaban J connectivity index is 1.70. The highest BCUT2D eigenvalue weighted by molar-refractivity contribution is 5.89. The molecule has 2 heterocycles. The lowest BCUT2D eigenvalue weighted by Crippen LogP contribution is -2.36. The molecule has 6 heteroatoms. The molecule has 2 aliphatic rings. The summed E-state index contributed by atoms with van der Waals surface area (Å²) in [5, 5.41) is 7.38. The minimum atomic E-state index is -0.213. The summed E-state index contributed by atoms with van der Waals surface area (Å²) in [6.07, 6.45) is 5.20. The van der Waals surface area contributed by atoms with E-state index in [4.69, 9.17) is 0 Å². The first kappa shape index (κ1) is 13.1. The largest absolute Gasteiger partial charge is 0.349 e. The first-order chi connectivity index (χ1) is 9.56. The van der Waals surface area contributed by atoms with Crippen molar-refractivity contribution in [3.63, 3.8) is 0 Å². The fourth-order valence-corrected chi connectivity index (χ4v) is 3.18.